The van der Waals surface area contributed by atoms with Gasteiger partial charge >= 0.3 is 0 Å². The molecule has 1 aromatic carbocycles. The van der Waals surface area contributed by atoms with E-state index < -0.39 is 0 Å². The van der Waals surface area contributed by atoms with Crippen molar-refractivity contribution < 1.29 is 4.79 Å². The van der Waals surface area contributed by atoms with Crippen molar-refractivity contribution in [3.05, 3.63) is 35.9 Å². The Morgan fingerprint density at radius 1 is 1.24 bits per heavy atom. The molecule has 1 aliphatic carbocycles. The standard InChI is InChI=1S/C18H28N2O/c1-3-20(2)17(16-12-8-5-9-13-16)18(21)19-14-15-10-6-4-7-11-15/h5,8-9,12-13,15,17H,3-4,6-7,10-11,14H2,1-2H3,(H,19,21). The quantitative estimate of drug-likeness (QED) is 0.870. The molecule has 3 heteroatoms. The average Bonchev–Trinajstić information content (AvgIpc) is 2.55. The summed E-state index contributed by atoms with van der Waals surface area (Å²) in [6.45, 7) is 3.78. The molecule has 0 saturated heterocycles. The van der Waals surface area contributed by atoms with Crippen LogP contribution in [-0.2, 0) is 4.79 Å². The van der Waals surface area contributed by atoms with Crippen molar-refractivity contribution in [3.8, 4) is 0 Å². The molecule has 2 rings (SSSR count). The molecule has 1 aromatic rings. The molecule has 0 aromatic heterocycles. The Kier molecular flexibility index (Phi) is 6.24. The van der Waals surface area contributed by atoms with Crippen LogP contribution in [0.15, 0.2) is 30.3 Å². The van der Waals surface area contributed by atoms with Gasteiger partial charge in [0.25, 0.3) is 0 Å². The first-order valence-electron chi connectivity index (χ1n) is 8.25. The first-order valence-corrected chi connectivity index (χ1v) is 8.25. The van der Waals surface area contributed by atoms with E-state index in [1.54, 1.807) is 0 Å². The zero-order valence-electron chi connectivity index (χ0n) is 13.3. The molecule has 1 unspecified atom stereocenters. The summed E-state index contributed by atoms with van der Waals surface area (Å²) >= 11 is 0. The summed E-state index contributed by atoms with van der Waals surface area (Å²) in [5, 5.41) is 3.19. The minimum Gasteiger partial charge on any atom is -0.354 e. The maximum absolute atomic E-state index is 12.6. The molecule has 1 aliphatic rings. The number of likely N-dealkylation sites (N-methyl/N-ethyl adjacent to an activating group) is 1. The molecule has 3 nitrogen and oxygen atoms in total. The lowest BCUT2D eigenvalue weighted by Gasteiger charge is -2.28. The summed E-state index contributed by atoms with van der Waals surface area (Å²) in [5.41, 5.74) is 1.07. The van der Waals surface area contributed by atoms with Crippen LogP contribution in [-0.4, -0.2) is 30.9 Å². The van der Waals surface area contributed by atoms with Crippen LogP contribution in [0.25, 0.3) is 0 Å². The Labute approximate surface area is 128 Å². The molecule has 1 N–H and O–H groups in total. The largest absolute Gasteiger partial charge is 0.354 e. The van der Waals surface area contributed by atoms with E-state index in [4.69, 9.17) is 0 Å². The van der Waals surface area contributed by atoms with Crippen molar-refractivity contribution in [2.24, 2.45) is 5.92 Å². The smallest absolute Gasteiger partial charge is 0.241 e. The molecule has 0 spiro atoms. The Morgan fingerprint density at radius 3 is 2.52 bits per heavy atom. The fraction of sp³-hybridized carbons (Fsp3) is 0.611. The fourth-order valence-corrected chi connectivity index (χ4v) is 3.16. The van der Waals surface area contributed by atoms with E-state index in [9.17, 15) is 4.79 Å². The molecular formula is C18H28N2O. The Hall–Kier alpha value is -1.35. The number of nitrogens with one attached hydrogen (secondary N) is 1. The number of benzene rings is 1. The highest BCUT2D eigenvalue weighted by Gasteiger charge is 2.24. The van der Waals surface area contributed by atoms with Gasteiger partial charge in [-0.15, -0.1) is 0 Å². The summed E-state index contributed by atoms with van der Waals surface area (Å²) < 4.78 is 0. The van der Waals surface area contributed by atoms with Gasteiger partial charge in [0.05, 0.1) is 0 Å². The van der Waals surface area contributed by atoms with Crippen molar-refractivity contribution in [1.29, 1.82) is 0 Å². The zero-order valence-corrected chi connectivity index (χ0v) is 13.3. The number of hydrogen-bond donors (Lipinski definition) is 1. The Bertz CT molecular complexity index is 426. The van der Waals surface area contributed by atoms with Gasteiger partial charge in [0, 0.05) is 6.54 Å². The van der Waals surface area contributed by atoms with Gasteiger partial charge in [-0.05, 0) is 37.9 Å². The SMILES string of the molecule is CCN(C)C(C(=O)NCC1CCCCC1)c1ccccc1. The van der Waals surface area contributed by atoms with Crippen LogP contribution in [0.2, 0.25) is 0 Å². The number of hydrogen-bond acceptors (Lipinski definition) is 2. The predicted molar refractivity (Wildman–Crippen MR) is 87.1 cm³/mol. The van der Waals surface area contributed by atoms with Crippen molar-refractivity contribution in [2.75, 3.05) is 20.1 Å². The highest BCUT2D eigenvalue weighted by atomic mass is 16.2. The van der Waals surface area contributed by atoms with E-state index in [0.717, 1.165) is 18.7 Å². The lowest BCUT2D eigenvalue weighted by molar-refractivity contribution is -0.126. The minimum atomic E-state index is -0.181. The van der Waals surface area contributed by atoms with Crippen molar-refractivity contribution in [3.63, 3.8) is 0 Å². The monoisotopic (exact) mass is 288 g/mol. The fourth-order valence-electron chi connectivity index (χ4n) is 3.16. The topological polar surface area (TPSA) is 32.3 Å². The minimum absolute atomic E-state index is 0.135. The molecule has 21 heavy (non-hydrogen) atoms. The molecule has 0 heterocycles. The first-order chi connectivity index (χ1) is 10.2. The van der Waals surface area contributed by atoms with E-state index in [2.05, 4.69) is 17.1 Å². The summed E-state index contributed by atoms with van der Waals surface area (Å²) in [5.74, 6) is 0.808. The van der Waals surface area contributed by atoms with Crippen molar-refractivity contribution >= 4 is 5.91 Å². The van der Waals surface area contributed by atoms with Crippen LogP contribution in [0.1, 0.15) is 50.6 Å². The molecule has 0 radical (unpaired) electrons. The van der Waals surface area contributed by atoms with Gasteiger partial charge in [-0.25, -0.2) is 0 Å². The summed E-state index contributed by atoms with van der Waals surface area (Å²) in [4.78, 5) is 14.7. The van der Waals surface area contributed by atoms with Crippen LogP contribution in [0.4, 0.5) is 0 Å². The van der Waals surface area contributed by atoms with Crippen molar-refractivity contribution in [2.45, 2.75) is 45.1 Å². The number of amides is 1. The molecule has 1 amide bonds. The molecule has 1 atom stereocenters. The Morgan fingerprint density at radius 2 is 1.90 bits per heavy atom. The van der Waals surface area contributed by atoms with Crippen LogP contribution < -0.4 is 5.32 Å². The second-order valence-corrected chi connectivity index (χ2v) is 6.14. The normalized spacial score (nSPS) is 17.7. The third-order valence-electron chi connectivity index (χ3n) is 4.59. The average molecular weight is 288 g/mol. The van der Waals surface area contributed by atoms with Gasteiger partial charge < -0.3 is 5.32 Å². The van der Waals surface area contributed by atoms with Crippen LogP contribution >= 0.6 is 0 Å². The van der Waals surface area contributed by atoms with E-state index in [0.29, 0.717) is 5.92 Å². The van der Waals surface area contributed by atoms with E-state index in [1.165, 1.54) is 32.1 Å². The van der Waals surface area contributed by atoms with Gasteiger partial charge in [0.15, 0.2) is 0 Å². The number of carbonyl (C=O) groups excluding carboxylic acids is 1. The molecule has 116 valence electrons. The molecule has 0 aliphatic heterocycles. The third kappa shape index (κ3) is 4.57. The lowest BCUT2D eigenvalue weighted by atomic mass is 9.89. The van der Waals surface area contributed by atoms with Gasteiger partial charge in [-0.1, -0.05) is 56.5 Å². The van der Waals surface area contributed by atoms with Crippen LogP contribution in [0.5, 0.6) is 0 Å². The van der Waals surface area contributed by atoms with E-state index in [-0.39, 0.29) is 11.9 Å². The molecular weight excluding hydrogens is 260 g/mol. The number of nitrogens with zero attached hydrogens (tertiary/aromatic N) is 1. The zero-order chi connectivity index (χ0) is 15.1. The van der Waals surface area contributed by atoms with Gasteiger partial charge in [0.2, 0.25) is 5.91 Å². The predicted octanol–water partition coefficient (Wildman–Crippen LogP) is 3.38. The second kappa shape index (κ2) is 8.18. The van der Waals surface area contributed by atoms with Gasteiger partial charge in [-0.2, -0.15) is 0 Å². The summed E-state index contributed by atoms with van der Waals surface area (Å²) in [6.07, 6.45) is 6.52. The van der Waals surface area contributed by atoms with E-state index in [1.807, 2.05) is 37.4 Å². The third-order valence-corrected chi connectivity index (χ3v) is 4.59. The summed E-state index contributed by atoms with van der Waals surface area (Å²) in [6, 6.07) is 9.89. The first kappa shape index (κ1) is 16.0. The lowest BCUT2D eigenvalue weighted by Crippen LogP contribution is -2.40. The highest BCUT2D eigenvalue weighted by molar-refractivity contribution is 5.83. The van der Waals surface area contributed by atoms with Gasteiger partial charge in [0.1, 0.15) is 6.04 Å². The van der Waals surface area contributed by atoms with E-state index >= 15 is 0 Å². The van der Waals surface area contributed by atoms with Crippen LogP contribution in [0.3, 0.4) is 0 Å². The number of rotatable bonds is 6. The van der Waals surface area contributed by atoms with Gasteiger partial charge in [-0.3, -0.25) is 9.69 Å². The highest BCUT2D eigenvalue weighted by Crippen LogP contribution is 2.24. The maximum Gasteiger partial charge on any atom is 0.241 e. The molecule has 0 bridgehead atoms. The van der Waals surface area contributed by atoms with Crippen LogP contribution in [0, 0.1) is 5.92 Å². The molecule has 1 fully saturated rings. The Balaban J connectivity index is 1.97. The second-order valence-electron chi connectivity index (χ2n) is 6.14. The molecule has 1 saturated carbocycles. The van der Waals surface area contributed by atoms with Crippen molar-refractivity contribution in [1.82, 2.24) is 10.2 Å². The number of carbonyl (C=O) groups is 1. The maximum atomic E-state index is 12.6. The summed E-state index contributed by atoms with van der Waals surface area (Å²) in [7, 11) is 2.01.